The summed E-state index contributed by atoms with van der Waals surface area (Å²) in [6.45, 7) is 2.02. The molecule has 6 heteroatoms. The van der Waals surface area contributed by atoms with Crippen LogP contribution in [0.4, 0.5) is 0 Å². The van der Waals surface area contributed by atoms with Gasteiger partial charge in [-0.2, -0.15) is 0 Å². The van der Waals surface area contributed by atoms with E-state index in [2.05, 4.69) is 22.3 Å². The minimum Gasteiger partial charge on any atom is -0.455 e. The van der Waals surface area contributed by atoms with E-state index >= 15 is 0 Å². The fraction of sp³-hybridized carbons (Fsp3) is 0.261. The third-order valence-electron chi connectivity index (χ3n) is 4.31. The number of allylic oxidation sites excluding steroid dienone is 1. The van der Waals surface area contributed by atoms with Gasteiger partial charge in [-0.3, -0.25) is 16.2 Å². The van der Waals surface area contributed by atoms with E-state index in [0.717, 1.165) is 41.9 Å². The summed E-state index contributed by atoms with van der Waals surface area (Å²) in [7, 11) is 1.50. The van der Waals surface area contributed by atoms with Crippen LogP contribution in [0.15, 0.2) is 65.8 Å². The third-order valence-corrected chi connectivity index (χ3v) is 4.31. The molecule has 1 heterocycles. The molecule has 0 aromatic heterocycles. The van der Waals surface area contributed by atoms with Crippen LogP contribution in [-0.2, 0) is 4.74 Å². The second kappa shape index (κ2) is 11.6. The lowest BCUT2D eigenvalue weighted by Crippen LogP contribution is -2.21. The predicted octanol–water partition coefficient (Wildman–Crippen LogP) is 4.16. The van der Waals surface area contributed by atoms with Crippen LogP contribution < -0.4 is 11.2 Å². The topological polar surface area (TPSA) is 107 Å². The van der Waals surface area contributed by atoms with E-state index in [-0.39, 0.29) is 17.7 Å². The van der Waals surface area contributed by atoms with Crippen LogP contribution in [0.2, 0.25) is 0 Å². The lowest BCUT2D eigenvalue weighted by Gasteiger charge is -2.09. The lowest BCUT2D eigenvalue weighted by atomic mass is 9.98. The van der Waals surface area contributed by atoms with E-state index in [0.29, 0.717) is 0 Å². The monoisotopic (exact) mass is 391 g/mol. The molecular formula is C23H29N5O. The number of ether oxygens (including phenoxy) is 1. The summed E-state index contributed by atoms with van der Waals surface area (Å²) in [5.41, 5.74) is 10.5. The molecule has 0 radical (unpaired) electrons. The fourth-order valence-electron chi connectivity index (χ4n) is 2.81. The van der Waals surface area contributed by atoms with Crippen molar-refractivity contribution in [1.82, 2.24) is 5.43 Å². The summed E-state index contributed by atoms with van der Waals surface area (Å²) in [6, 6.07) is 17.1. The number of nitrogens with two attached hydrogens (primary N) is 1. The summed E-state index contributed by atoms with van der Waals surface area (Å²) in [5, 5.41) is 20.7. The summed E-state index contributed by atoms with van der Waals surface area (Å²) in [6.07, 6.45) is 6.61. The Balaban J connectivity index is 0.00000145. The summed E-state index contributed by atoms with van der Waals surface area (Å²) in [5.74, 6) is 0.760. The van der Waals surface area contributed by atoms with Crippen LogP contribution in [0.3, 0.4) is 0 Å². The fourth-order valence-corrected chi connectivity index (χ4v) is 2.81. The zero-order valence-corrected chi connectivity index (χ0v) is 17.0. The number of hydrogen-bond donors (Lipinski definition) is 4. The Labute approximate surface area is 172 Å². The maximum Gasteiger partial charge on any atom is 0.207 e. The second-order valence-corrected chi connectivity index (χ2v) is 6.32. The molecule has 5 N–H and O–H groups in total. The van der Waals surface area contributed by atoms with Crippen molar-refractivity contribution in [3.8, 4) is 0 Å². The van der Waals surface area contributed by atoms with Crippen LogP contribution in [-0.4, -0.2) is 30.6 Å². The average Bonchev–Trinajstić information content (AvgIpc) is 3.26. The number of hydrazone groups is 1. The van der Waals surface area contributed by atoms with Crippen molar-refractivity contribution in [1.29, 1.82) is 10.8 Å². The second-order valence-electron chi connectivity index (χ2n) is 6.32. The van der Waals surface area contributed by atoms with E-state index in [1.54, 1.807) is 0 Å². The SMILES string of the molecule is CCC1=NNC(CC/C=C/c2cccc(C(=N)C(=N)c3ccccc3)c2)O1.CN. The Morgan fingerprint density at radius 1 is 1.07 bits per heavy atom. The molecule has 1 aliphatic heterocycles. The number of benzene rings is 2. The van der Waals surface area contributed by atoms with Crippen molar-refractivity contribution < 1.29 is 4.74 Å². The molecule has 2 aromatic carbocycles. The molecule has 0 saturated heterocycles. The molecule has 0 aliphatic carbocycles. The summed E-state index contributed by atoms with van der Waals surface area (Å²) in [4.78, 5) is 0. The number of rotatable bonds is 8. The van der Waals surface area contributed by atoms with Gasteiger partial charge in [-0.1, -0.05) is 67.6 Å². The summed E-state index contributed by atoms with van der Waals surface area (Å²) < 4.78 is 5.64. The van der Waals surface area contributed by atoms with Crippen LogP contribution in [0.1, 0.15) is 42.9 Å². The van der Waals surface area contributed by atoms with Gasteiger partial charge in [0.25, 0.3) is 0 Å². The van der Waals surface area contributed by atoms with E-state index in [1.165, 1.54) is 7.05 Å². The molecule has 3 rings (SSSR count). The molecule has 1 unspecified atom stereocenters. The molecule has 6 nitrogen and oxygen atoms in total. The molecule has 2 aromatic rings. The molecule has 152 valence electrons. The molecule has 29 heavy (non-hydrogen) atoms. The number of nitrogens with zero attached hydrogens (tertiary/aromatic N) is 1. The van der Waals surface area contributed by atoms with Crippen molar-refractivity contribution in [3.05, 3.63) is 77.4 Å². The first-order valence-corrected chi connectivity index (χ1v) is 9.73. The van der Waals surface area contributed by atoms with Gasteiger partial charge < -0.3 is 10.5 Å². The lowest BCUT2D eigenvalue weighted by molar-refractivity contribution is 0.174. The van der Waals surface area contributed by atoms with Crippen LogP contribution in [0.5, 0.6) is 0 Å². The van der Waals surface area contributed by atoms with Crippen molar-refractivity contribution in [2.24, 2.45) is 10.8 Å². The maximum absolute atomic E-state index is 8.35. The van der Waals surface area contributed by atoms with E-state index in [4.69, 9.17) is 15.6 Å². The van der Waals surface area contributed by atoms with Crippen LogP contribution >= 0.6 is 0 Å². The Kier molecular flexibility index (Phi) is 8.79. The van der Waals surface area contributed by atoms with Gasteiger partial charge in [0, 0.05) is 24.0 Å². The Morgan fingerprint density at radius 3 is 2.45 bits per heavy atom. The van der Waals surface area contributed by atoms with Crippen LogP contribution in [0, 0.1) is 10.8 Å². The minimum absolute atomic E-state index is 0.0459. The molecule has 0 spiro atoms. The van der Waals surface area contributed by atoms with Crippen molar-refractivity contribution in [2.75, 3.05) is 7.05 Å². The molecule has 0 fully saturated rings. The molecule has 1 aliphatic rings. The molecule has 1 atom stereocenters. The third kappa shape index (κ3) is 6.40. The van der Waals surface area contributed by atoms with Crippen molar-refractivity contribution >= 4 is 23.4 Å². The van der Waals surface area contributed by atoms with Crippen molar-refractivity contribution in [2.45, 2.75) is 32.4 Å². The van der Waals surface area contributed by atoms with Gasteiger partial charge in [0.15, 0.2) is 6.23 Å². The maximum atomic E-state index is 8.35. The Bertz CT molecular complexity index is 874. The van der Waals surface area contributed by atoms with Gasteiger partial charge in [-0.15, -0.1) is 5.10 Å². The highest BCUT2D eigenvalue weighted by atomic mass is 16.5. The first kappa shape index (κ1) is 22.0. The Hall–Kier alpha value is -3.25. The predicted molar refractivity (Wildman–Crippen MR) is 121 cm³/mol. The highest BCUT2D eigenvalue weighted by molar-refractivity contribution is 6.51. The van der Waals surface area contributed by atoms with Crippen molar-refractivity contribution in [3.63, 3.8) is 0 Å². The van der Waals surface area contributed by atoms with Gasteiger partial charge in [0.2, 0.25) is 5.90 Å². The van der Waals surface area contributed by atoms with E-state index in [9.17, 15) is 0 Å². The van der Waals surface area contributed by atoms with Gasteiger partial charge in [0.05, 0.1) is 11.4 Å². The zero-order chi connectivity index (χ0) is 21.1. The normalized spacial score (nSPS) is 15.0. The molecule has 0 saturated carbocycles. The summed E-state index contributed by atoms with van der Waals surface area (Å²) >= 11 is 0. The number of hydrogen-bond acceptors (Lipinski definition) is 6. The number of nitrogens with one attached hydrogen (secondary N) is 3. The molecular weight excluding hydrogens is 362 g/mol. The van der Waals surface area contributed by atoms with Gasteiger partial charge in [0.1, 0.15) is 0 Å². The smallest absolute Gasteiger partial charge is 0.207 e. The largest absolute Gasteiger partial charge is 0.455 e. The molecule has 0 bridgehead atoms. The highest BCUT2D eigenvalue weighted by Crippen LogP contribution is 2.13. The minimum atomic E-state index is -0.0459. The van der Waals surface area contributed by atoms with Gasteiger partial charge in [-0.05, 0) is 25.1 Å². The Morgan fingerprint density at radius 2 is 1.76 bits per heavy atom. The molecule has 0 amide bonds. The van der Waals surface area contributed by atoms with E-state index in [1.807, 2.05) is 67.6 Å². The average molecular weight is 392 g/mol. The van der Waals surface area contributed by atoms with Gasteiger partial charge >= 0.3 is 0 Å². The first-order valence-electron chi connectivity index (χ1n) is 9.73. The standard InChI is InChI=1S/C22H24N4O.CH5N/c1-2-19-25-26-20(27-19)14-7-6-9-16-10-8-13-18(15-16)22(24)21(23)17-11-4-3-5-12-17;1-2/h3-6,8-13,15,20,23-24,26H,2,7,14H2,1H3;2H2,1H3/b9-6+,23-21?,24-22?;. The van der Waals surface area contributed by atoms with E-state index < -0.39 is 0 Å². The van der Waals surface area contributed by atoms with Gasteiger partial charge in [-0.25, -0.2) is 0 Å². The first-order chi connectivity index (χ1) is 14.2. The quantitative estimate of drug-likeness (QED) is 0.507. The highest BCUT2D eigenvalue weighted by Gasteiger charge is 2.16. The zero-order valence-electron chi connectivity index (χ0n) is 17.0. The van der Waals surface area contributed by atoms with Crippen LogP contribution in [0.25, 0.3) is 6.08 Å².